The van der Waals surface area contributed by atoms with Gasteiger partial charge in [-0.05, 0) is 91.6 Å². The van der Waals surface area contributed by atoms with Crippen molar-refractivity contribution in [2.24, 2.45) is 0 Å². The van der Waals surface area contributed by atoms with Crippen LogP contribution in [-0.4, -0.2) is 23.1 Å². The summed E-state index contributed by atoms with van der Waals surface area (Å²) in [5.74, 6) is -0.226. The summed E-state index contributed by atoms with van der Waals surface area (Å²) in [4.78, 5) is 50.5. The first kappa shape index (κ1) is 53.2. The third-order valence-electron chi connectivity index (χ3n) is 13.1. The zero-order valence-corrected chi connectivity index (χ0v) is 42.8. The van der Waals surface area contributed by atoms with E-state index in [1.54, 1.807) is 97.1 Å². The van der Waals surface area contributed by atoms with E-state index < -0.39 is 0 Å². The van der Waals surface area contributed by atoms with Gasteiger partial charge in [0.15, 0.2) is 23.1 Å². The second-order valence-corrected chi connectivity index (χ2v) is 18.2. The Kier molecular flexibility index (Phi) is 16.8. The van der Waals surface area contributed by atoms with Gasteiger partial charge in [0.1, 0.15) is 0 Å². The Morgan fingerprint density at radius 1 is 0.225 bits per heavy atom. The molecule has 12 aromatic rings. The molecule has 0 saturated carbocycles. The van der Waals surface area contributed by atoms with Crippen LogP contribution in [0.3, 0.4) is 0 Å². The second kappa shape index (κ2) is 25.2. The van der Waals surface area contributed by atoms with Crippen LogP contribution in [0.25, 0.3) is 43.1 Å². The van der Waals surface area contributed by atoms with Crippen LogP contribution in [0.15, 0.2) is 267 Å². The molecule has 8 nitrogen and oxygen atoms in total. The van der Waals surface area contributed by atoms with Gasteiger partial charge in [-0.15, -0.1) is 0 Å². The van der Waals surface area contributed by atoms with Gasteiger partial charge in [0.25, 0.3) is 0 Å². The number of benzene rings is 12. The third-order valence-corrected chi connectivity index (χ3v) is 13.1. The maximum Gasteiger partial charge on any atom is 0.193 e. The number of rotatable bonds is 8. The van der Waals surface area contributed by atoms with E-state index in [0.717, 1.165) is 43.1 Å². The molecule has 376 valence electrons. The normalized spacial score (nSPS) is 10.2. The molecule has 0 amide bonds. The van der Waals surface area contributed by atoms with Crippen molar-refractivity contribution < 1.29 is 19.2 Å². The number of nitriles is 4. The molecule has 0 radical (unpaired) electrons. The van der Waals surface area contributed by atoms with Crippen molar-refractivity contribution in [3.05, 3.63) is 334 Å². The van der Waals surface area contributed by atoms with Crippen LogP contribution >= 0.6 is 0 Å². The Morgan fingerprint density at radius 3 is 0.588 bits per heavy atom. The molecule has 0 unspecified atom stereocenters. The minimum atomic E-state index is -0.0566. The van der Waals surface area contributed by atoms with Gasteiger partial charge < -0.3 is 0 Å². The SMILES string of the molecule is N#Cc1cc(C(=O)c2ccccc2)c2ccccc2c1.N#Cc1cc(C(=O)c2ccccc2)c2ccccc2c1.N#Cc1cc(C(=O)c2ccccc2)c2ccccc2c1.N#Cc1cc(C(=O)c2ccccc2)c2ccccc2c1. The minimum Gasteiger partial charge on any atom is -0.289 e. The van der Waals surface area contributed by atoms with Crippen LogP contribution in [0.1, 0.15) is 85.9 Å². The fourth-order valence-electron chi connectivity index (χ4n) is 9.23. The van der Waals surface area contributed by atoms with Crippen LogP contribution in [0.5, 0.6) is 0 Å². The van der Waals surface area contributed by atoms with Gasteiger partial charge in [-0.2, -0.15) is 21.0 Å². The van der Waals surface area contributed by atoms with E-state index in [2.05, 4.69) is 24.3 Å². The molecular formula is C72H44N4O4. The summed E-state index contributed by atoms with van der Waals surface area (Å²) < 4.78 is 0. The summed E-state index contributed by atoms with van der Waals surface area (Å²) in [6.07, 6.45) is 0. The summed E-state index contributed by atoms with van der Waals surface area (Å²) in [7, 11) is 0. The number of nitrogens with zero attached hydrogens (tertiary/aromatic N) is 4. The largest absolute Gasteiger partial charge is 0.289 e. The first-order valence-electron chi connectivity index (χ1n) is 25.3. The Bertz CT molecular complexity index is 3890. The van der Waals surface area contributed by atoms with Crippen LogP contribution < -0.4 is 0 Å². The summed E-state index contributed by atoms with van der Waals surface area (Å²) in [5.41, 5.74) is 6.84. The number of hydrogen-bond donors (Lipinski definition) is 0. The van der Waals surface area contributed by atoms with Crippen LogP contribution in [0.2, 0.25) is 0 Å². The highest BCUT2D eigenvalue weighted by atomic mass is 16.1. The zero-order valence-electron chi connectivity index (χ0n) is 42.8. The smallest absolute Gasteiger partial charge is 0.193 e. The van der Waals surface area contributed by atoms with Crippen molar-refractivity contribution in [1.29, 1.82) is 21.0 Å². The molecule has 0 fully saturated rings. The number of fused-ring (bicyclic) bond motifs is 4. The molecule has 0 bridgehead atoms. The van der Waals surface area contributed by atoms with Crippen LogP contribution in [0, 0.1) is 45.3 Å². The summed E-state index contributed by atoms with van der Waals surface area (Å²) in [5, 5.41) is 43.6. The number of carbonyl (C=O) groups excluding carboxylic acids is 4. The molecule has 0 aliphatic rings. The van der Waals surface area contributed by atoms with Gasteiger partial charge in [-0.25, -0.2) is 0 Å². The van der Waals surface area contributed by atoms with Gasteiger partial charge in [-0.3, -0.25) is 19.2 Å². The molecule has 0 spiro atoms. The van der Waals surface area contributed by atoms with Gasteiger partial charge in [0.05, 0.1) is 46.5 Å². The van der Waals surface area contributed by atoms with E-state index >= 15 is 0 Å². The molecule has 12 aromatic carbocycles. The quantitative estimate of drug-likeness (QED) is 0.136. The molecule has 0 N–H and O–H groups in total. The molecule has 0 aliphatic carbocycles. The molecule has 80 heavy (non-hydrogen) atoms. The lowest BCUT2D eigenvalue weighted by Crippen LogP contribution is -2.02. The zero-order chi connectivity index (χ0) is 55.8. The van der Waals surface area contributed by atoms with Gasteiger partial charge in [0.2, 0.25) is 0 Å². The second-order valence-electron chi connectivity index (χ2n) is 18.2. The Morgan fingerprint density at radius 2 is 0.400 bits per heavy atom. The minimum absolute atomic E-state index is 0.0566. The number of carbonyl (C=O) groups is 4. The molecule has 0 aliphatic heterocycles. The van der Waals surface area contributed by atoms with Crippen molar-refractivity contribution >= 4 is 66.2 Å². The lowest BCUT2D eigenvalue weighted by molar-refractivity contribution is 0.103. The van der Waals surface area contributed by atoms with E-state index in [0.29, 0.717) is 66.8 Å². The summed E-state index contributed by atoms with van der Waals surface area (Å²) in [6, 6.07) is 89.3. The fraction of sp³-hybridized carbons (Fsp3) is 0. The summed E-state index contributed by atoms with van der Waals surface area (Å²) in [6.45, 7) is 0. The molecule has 0 atom stereocenters. The van der Waals surface area contributed by atoms with E-state index in [9.17, 15) is 19.2 Å². The first-order valence-corrected chi connectivity index (χ1v) is 25.3. The highest BCUT2D eigenvalue weighted by Crippen LogP contribution is 2.28. The van der Waals surface area contributed by atoms with Gasteiger partial charge in [-0.1, -0.05) is 218 Å². The van der Waals surface area contributed by atoms with Crippen LogP contribution in [0.4, 0.5) is 0 Å². The van der Waals surface area contributed by atoms with E-state index in [4.69, 9.17) is 21.0 Å². The Balaban J connectivity index is 0.000000129. The van der Waals surface area contributed by atoms with Gasteiger partial charge in [0, 0.05) is 44.5 Å². The predicted molar refractivity (Wildman–Crippen MR) is 314 cm³/mol. The highest BCUT2D eigenvalue weighted by molar-refractivity contribution is 6.19. The lowest BCUT2D eigenvalue weighted by atomic mass is 9.95. The molecule has 8 heteroatoms. The van der Waals surface area contributed by atoms with Crippen molar-refractivity contribution in [3.8, 4) is 24.3 Å². The lowest BCUT2D eigenvalue weighted by Gasteiger charge is -2.07. The molecule has 0 heterocycles. The monoisotopic (exact) mass is 1030 g/mol. The number of hydrogen-bond acceptors (Lipinski definition) is 8. The Labute approximate surface area is 462 Å². The maximum absolute atomic E-state index is 12.6. The molecule has 0 aromatic heterocycles. The Hall–Kier alpha value is -11.7. The maximum atomic E-state index is 12.6. The van der Waals surface area contributed by atoms with Gasteiger partial charge >= 0.3 is 0 Å². The first-order chi connectivity index (χ1) is 39.2. The fourth-order valence-corrected chi connectivity index (χ4v) is 9.23. The van der Waals surface area contributed by atoms with Crippen molar-refractivity contribution in [3.63, 3.8) is 0 Å². The van der Waals surface area contributed by atoms with E-state index in [1.165, 1.54) is 0 Å². The van der Waals surface area contributed by atoms with Crippen molar-refractivity contribution in [1.82, 2.24) is 0 Å². The number of ketones is 4. The average Bonchev–Trinajstić information content (AvgIpc) is 3.57. The molecular weight excluding hydrogens is 985 g/mol. The predicted octanol–water partition coefficient (Wildman–Crippen LogP) is 15.8. The van der Waals surface area contributed by atoms with E-state index in [1.807, 2.05) is 170 Å². The molecule has 0 saturated heterocycles. The van der Waals surface area contributed by atoms with E-state index in [-0.39, 0.29) is 23.1 Å². The third kappa shape index (κ3) is 12.2. The summed E-state index contributed by atoms with van der Waals surface area (Å²) >= 11 is 0. The van der Waals surface area contributed by atoms with Crippen molar-refractivity contribution in [2.45, 2.75) is 0 Å². The highest BCUT2D eigenvalue weighted by Gasteiger charge is 2.17. The molecule has 12 rings (SSSR count). The average molecular weight is 1030 g/mol. The standard InChI is InChI=1S/4C18H11NO/c4*19-12-13-10-15-8-4-5-9-16(15)17(11-13)18(20)14-6-2-1-3-7-14/h4*1-11H. The van der Waals surface area contributed by atoms with Crippen molar-refractivity contribution in [2.75, 3.05) is 0 Å². The van der Waals surface area contributed by atoms with Crippen LogP contribution in [-0.2, 0) is 0 Å². The topological polar surface area (TPSA) is 163 Å².